The predicted molar refractivity (Wildman–Crippen MR) is 278 cm³/mol. The van der Waals surface area contributed by atoms with Crippen LogP contribution in [-0.2, 0) is 52.2 Å². The van der Waals surface area contributed by atoms with Crippen LogP contribution >= 0.6 is 12.2 Å². The van der Waals surface area contributed by atoms with Crippen LogP contribution in [-0.4, -0.2) is 111 Å². The molecular weight excluding hydrogens is 970 g/mol. The average Bonchev–Trinajstić information content (AvgIpc) is 3.74. The minimum Gasteiger partial charge on any atom is -0.458 e. The SMILES string of the molecule is CCCN(CCC)CCCC[C@H](NC(=O)[C@@H](NC(=O)CCCC#Cc1cnc(=S)[nH]c1)C(C)C)C(=O)NCC(=O)NCOCC#Cc1c2c(nc3cc(F)c(C)cc13)-c1cc3c(c(=O)n1C2)COC(=O)[C@]3(O)CC. The highest BCUT2D eigenvalue weighted by atomic mass is 32.1. The first-order valence-electron chi connectivity index (χ1n) is 25.3. The number of esters is 1. The van der Waals surface area contributed by atoms with Crippen molar-refractivity contribution in [1.29, 1.82) is 0 Å². The van der Waals surface area contributed by atoms with Gasteiger partial charge in [0.05, 0.1) is 41.1 Å². The molecule has 74 heavy (non-hydrogen) atoms. The largest absolute Gasteiger partial charge is 0.458 e. The van der Waals surface area contributed by atoms with E-state index in [0.717, 1.165) is 38.9 Å². The Labute approximate surface area is 435 Å². The smallest absolute Gasteiger partial charge is 0.343 e. The number of hydrogen-bond acceptors (Lipinski definition) is 13. The maximum absolute atomic E-state index is 14.9. The number of nitrogens with one attached hydrogen (secondary N) is 5. The summed E-state index contributed by atoms with van der Waals surface area (Å²) in [5.41, 5.74) is 0.920. The van der Waals surface area contributed by atoms with Gasteiger partial charge in [-0.15, -0.1) is 0 Å². The maximum atomic E-state index is 14.9. The molecule has 2 aliphatic heterocycles. The van der Waals surface area contributed by atoms with E-state index in [4.69, 9.17) is 26.7 Å². The number of ether oxygens (including phenoxy) is 2. The van der Waals surface area contributed by atoms with E-state index in [2.05, 4.69) is 73.7 Å². The third kappa shape index (κ3) is 14.1. The molecule has 6 rings (SSSR count). The Morgan fingerprint density at radius 3 is 2.46 bits per heavy atom. The molecule has 20 heteroatoms. The van der Waals surface area contributed by atoms with Crippen LogP contribution in [0.3, 0.4) is 0 Å². The van der Waals surface area contributed by atoms with Gasteiger partial charge in [-0.3, -0.25) is 24.0 Å². The molecule has 394 valence electrons. The van der Waals surface area contributed by atoms with Crippen molar-refractivity contribution in [3.8, 4) is 35.1 Å². The van der Waals surface area contributed by atoms with Crippen molar-refractivity contribution in [2.45, 2.75) is 130 Å². The van der Waals surface area contributed by atoms with Crippen molar-refractivity contribution in [1.82, 2.24) is 45.7 Å². The number of pyridine rings is 2. The van der Waals surface area contributed by atoms with Gasteiger partial charge >= 0.3 is 5.97 Å². The summed E-state index contributed by atoms with van der Waals surface area (Å²) in [7, 11) is 0. The van der Waals surface area contributed by atoms with E-state index in [-0.39, 0.29) is 67.8 Å². The van der Waals surface area contributed by atoms with Gasteiger partial charge in [0.25, 0.3) is 5.56 Å². The molecule has 5 heterocycles. The third-order valence-electron chi connectivity index (χ3n) is 13.0. The van der Waals surface area contributed by atoms with Gasteiger partial charge in [-0.2, -0.15) is 0 Å². The molecule has 4 amide bonds. The van der Waals surface area contributed by atoms with E-state index in [0.29, 0.717) is 69.5 Å². The summed E-state index contributed by atoms with van der Waals surface area (Å²) in [5, 5.41) is 22.8. The number of hydrogen-bond donors (Lipinski definition) is 6. The van der Waals surface area contributed by atoms with Gasteiger partial charge < -0.3 is 50.3 Å². The van der Waals surface area contributed by atoms with Crippen molar-refractivity contribution in [3.05, 3.63) is 84.9 Å². The molecule has 3 aromatic heterocycles. The van der Waals surface area contributed by atoms with Crippen LogP contribution < -0.4 is 26.8 Å². The highest BCUT2D eigenvalue weighted by Crippen LogP contribution is 2.40. The second-order valence-electron chi connectivity index (χ2n) is 18.8. The first-order chi connectivity index (χ1) is 35.5. The van der Waals surface area contributed by atoms with Crippen molar-refractivity contribution >= 4 is 52.7 Å². The lowest BCUT2D eigenvalue weighted by molar-refractivity contribution is -0.172. The van der Waals surface area contributed by atoms with E-state index in [1.165, 1.54) is 10.6 Å². The minimum atomic E-state index is -2.02. The molecule has 3 atom stereocenters. The molecule has 1 aromatic carbocycles. The van der Waals surface area contributed by atoms with Crippen LogP contribution in [0.15, 0.2) is 35.4 Å². The van der Waals surface area contributed by atoms with Crippen LogP contribution in [0.25, 0.3) is 22.3 Å². The molecule has 0 spiro atoms. The van der Waals surface area contributed by atoms with Gasteiger partial charge in [-0.05, 0) is 107 Å². The van der Waals surface area contributed by atoms with E-state index < -0.39 is 59.3 Å². The number of benzene rings is 1. The number of rotatable bonds is 23. The summed E-state index contributed by atoms with van der Waals surface area (Å²) >= 11 is 4.95. The number of carbonyl (C=O) groups excluding carboxylic acids is 5. The molecule has 2 aliphatic rings. The number of cyclic esters (lactones) is 1. The molecule has 18 nitrogen and oxygen atoms in total. The van der Waals surface area contributed by atoms with Crippen LogP contribution in [0.5, 0.6) is 0 Å². The molecular formula is C54H66FN9O9S. The third-order valence-corrected chi connectivity index (χ3v) is 13.2. The van der Waals surface area contributed by atoms with Crippen LogP contribution in [0, 0.1) is 47.1 Å². The number of aromatic nitrogens is 4. The number of nitrogens with zero attached hydrogens (tertiary/aromatic N) is 4. The summed E-state index contributed by atoms with van der Waals surface area (Å²) in [6.07, 6.45) is 8.00. The Morgan fingerprint density at radius 2 is 1.76 bits per heavy atom. The second-order valence-corrected chi connectivity index (χ2v) is 19.2. The second kappa shape index (κ2) is 26.4. The fourth-order valence-corrected chi connectivity index (χ4v) is 9.05. The fraction of sp³-hybridized carbons (Fsp3) is 0.500. The van der Waals surface area contributed by atoms with Crippen LogP contribution in [0.2, 0.25) is 0 Å². The topological polar surface area (TPSA) is 239 Å². The minimum absolute atomic E-state index is 0.0263. The van der Waals surface area contributed by atoms with Gasteiger partial charge in [0.15, 0.2) is 10.4 Å². The van der Waals surface area contributed by atoms with Gasteiger partial charge in [0, 0.05) is 53.4 Å². The molecule has 0 radical (unpaired) electrons. The number of halogens is 1. The fourth-order valence-electron chi connectivity index (χ4n) is 8.94. The standard InChI is InChI=1S/C54H66FN9O9S/c1-7-20-63(21-8-2)22-14-13-18-42(61-50(68)47(33(4)5)62-45(65)19-12-10-11-16-35-27-57-53(74)58-28-35)49(67)56-29-46(66)59-32-72-23-15-17-36-37-24-34(6)41(55)26-43(37)60-48-38(36)30-64-44(48)25-40-39(51(64)69)31-73-52(70)54(40,71)9-3/h24-28,33,42,47,71H,7-10,12-14,18-23,29-32H2,1-6H3,(H,56,67)(H,59,66)(H,61,68)(H,62,65)(H,57,58,74)/t42-,47-,54-/m0/s1. The van der Waals surface area contributed by atoms with Crippen LogP contribution in [0.4, 0.5) is 4.39 Å². The Morgan fingerprint density at radius 1 is 0.986 bits per heavy atom. The molecule has 4 aromatic rings. The quantitative estimate of drug-likeness (QED) is 0.0172. The molecule has 6 N–H and O–H groups in total. The molecule has 0 saturated carbocycles. The van der Waals surface area contributed by atoms with Crippen molar-refractivity contribution in [2.24, 2.45) is 5.92 Å². The van der Waals surface area contributed by atoms with E-state index in [9.17, 15) is 38.3 Å². The number of aromatic amines is 1. The molecule has 0 aliphatic carbocycles. The molecule has 0 unspecified atom stereocenters. The average molecular weight is 1040 g/mol. The Balaban J connectivity index is 1.06. The predicted octanol–water partition coefficient (Wildman–Crippen LogP) is 4.68. The first-order valence-corrected chi connectivity index (χ1v) is 25.7. The number of H-pyrrole nitrogens is 1. The summed E-state index contributed by atoms with van der Waals surface area (Å²) in [5.74, 6) is 8.45. The lowest BCUT2D eigenvalue weighted by Crippen LogP contribution is -2.56. The number of aryl methyl sites for hydroxylation is 1. The number of aliphatic hydroxyl groups is 1. The molecule has 0 saturated heterocycles. The Bertz CT molecular complexity index is 2980. The summed E-state index contributed by atoms with van der Waals surface area (Å²) in [4.78, 5) is 93.8. The lowest BCUT2D eigenvalue weighted by atomic mass is 9.86. The van der Waals surface area contributed by atoms with E-state index in [1.807, 2.05) is 0 Å². The number of amides is 4. The monoisotopic (exact) mass is 1040 g/mol. The van der Waals surface area contributed by atoms with Gasteiger partial charge in [-0.1, -0.05) is 58.3 Å². The summed E-state index contributed by atoms with van der Waals surface area (Å²) in [6.45, 7) is 12.8. The van der Waals surface area contributed by atoms with Crippen LogP contribution in [0.1, 0.15) is 126 Å². The molecule has 0 bridgehead atoms. The van der Waals surface area contributed by atoms with Crippen molar-refractivity contribution in [2.75, 3.05) is 39.5 Å². The van der Waals surface area contributed by atoms with Crippen molar-refractivity contribution < 1.29 is 42.9 Å². The van der Waals surface area contributed by atoms with Crippen molar-refractivity contribution in [3.63, 3.8) is 0 Å². The summed E-state index contributed by atoms with van der Waals surface area (Å²) in [6, 6.07) is 2.59. The summed E-state index contributed by atoms with van der Waals surface area (Å²) < 4.78 is 27.6. The lowest BCUT2D eigenvalue weighted by Gasteiger charge is -2.31. The maximum Gasteiger partial charge on any atom is 0.343 e. The Hall–Kier alpha value is -6.84. The van der Waals surface area contributed by atoms with E-state index >= 15 is 0 Å². The first kappa shape index (κ1) is 56.5. The zero-order valence-electron chi connectivity index (χ0n) is 42.9. The zero-order valence-corrected chi connectivity index (χ0v) is 43.7. The highest BCUT2D eigenvalue weighted by molar-refractivity contribution is 7.71. The highest BCUT2D eigenvalue weighted by Gasteiger charge is 2.45. The van der Waals surface area contributed by atoms with E-state index in [1.54, 1.807) is 52.2 Å². The van der Waals surface area contributed by atoms with Gasteiger partial charge in [0.2, 0.25) is 23.6 Å². The molecule has 0 fully saturated rings. The zero-order chi connectivity index (χ0) is 53.5. The Kier molecular flexibility index (Phi) is 20.1. The van der Waals surface area contributed by atoms with Gasteiger partial charge in [-0.25, -0.2) is 19.2 Å². The van der Waals surface area contributed by atoms with Gasteiger partial charge in [0.1, 0.15) is 37.8 Å². The number of carbonyl (C=O) groups is 5. The number of unbranched alkanes of at least 4 members (excludes halogenated alkanes) is 2. The normalized spacial score (nSPS) is 15.1. The number of fused-ring (bicyclic) bond motifs is 5.